The minimum atomic E-state index is -0.524. The molecule has 4 aromatic rings. The van der Waals surface area contributed by atoms with Crippen LogP contribution in [0.15, 0.2) is 60.7 Å². The molecule has 8 nitrogen and oxygen atoms in total. The Morgan fingerprint density at radius 3 is 1.58 bits per heavy atom. The van der Waals surface area contributed by atoms with Gasteiger partial charge in [-0.15, -0.1) is 0 Å². The predicted molar refractivity (Wildman–Crippen MR) is 138 cm³/mol. The van der Waals surface area contributed by atoms with E-state index in [0.717, 1.165) is 11.1 Å². The van der Waals surface area contributed by atoms with Gasteiger partial charge in [-0.2, -0.15) is 0 Å². The van der Waals surface area contributed by atoms with Crippen LogP contribution in [0.25, 0.3) is 0 Å². The standard InChI is InChI=1S/C30H26O8/c1-37-23-7-13(3-5-19(23)33)25-27-17(9-15(31)11-21(27)35)30-26(14-4-6-20(34)24(8-14)38-2)29(25)18-10-16(32)12-22(36)28(18)30/h3-12,25-26,29-36H,1-2H3/t25-,26+,29+,30-/m0/s1. The highest BCUT2D eigenvalue weighted by molar-refractivity contribution is 5.69. The van der Waals surface area contributed by atoms with E-state index >= 15 is 0 Å². The Morgan fingerprint density at radius 2 is 1.00 bits per heavy atom. The van der Waals surface area contributed by atoms with E-state index in [-0.39, 0.29) is 51.9 Å². The SMILES string of the molecule is COc1cc([C@H]2c3c(O)cc(O)cc3[C@@H]3c4c(O)cc(O)cc4[C@H]2[C@H]3c2ccc(O)c(OC)c2)ccc1O. The lowest BCUT2D eigenvalue weighted by molar-refractivity contribution is 0.368. The van der Waals surface area contributed by atoms with Crippen molar-refractivity contribution in [1.82, 2.24) is 0 Å². The van der Waals surface area contributed by atoms with Crippen molar-refractivity contribution in [2.75, 3.05) is 14.2 Å². The predicted octanol–water partition coefficient (Wildman–Crippen LogP) is 5.10. The summed E-state index contributed by atoms with van der Waals surface area (Å²) in [4.78, 5) is 0. The van der Waals surface area contributed by atoms with E-state index in [1.165, 1.54) is 32.4 Å². The van der Waals surface area contributed by atoms with Crippen LogP contribution in [-0.4, -0.2) is 44.9 Å². The molecule has 0 heterocycles. The second-order valence-corrected chi connectivity index (χ2v) is 9.81. The molecule has 0 saturated carbocycles. The largest absolute Gasteiger partial charge is 0.508 e. The minimum absolute atomic E-state index is 0.0204. The Bertz CT molecular complexity index is 1590. The van der Waals surface area contributed by atoms with Gasteiger partial charge in [0.1, 0.15) is 23.0 Å². The second kappa shape index (κ2) is 8.41. The quantitative estimate of drug-likeness (QED) is 0.221. The Labute approximate surface area is 218 Å². The van der Waals surface area contributed by atoms with Gasteiger partial charge in [-0.25, -0.2) is 0 Å². The van der Waals surface area contributed by atoms with Gasteiger partial charge in [0, 0.05) is 46.9 Å². The van der Waals surface area contributed by atoms with Crippen molar-refractivity contribution in [3.8, 4) is 46.0 Å². The molecule has 0 aliphatic heterocycles. The number of phenolic OH excluding ortho intramolecular Hbond substituents is 6. The molecule has 0 unspecified atom stereocenters. The fraction of sp³-hybridized carbons (Fsp3) is 0.200. The zero-order valence-electron chi connectivity index (χ0n) is 20.6. The summed E-state index contributed by atoms with van der Waals surface area (Å²) in [5, 5.41) is 63.9. The summed E-state index contributed by atoms with van der Waals surface area (Å²) in [7, 11) is 2.91. The minimum Gasteiger partial charge on any atom is -0.508 e. The van der Waals surface area contributed by atoms with Crippen LogP contribution in [0.2, 0.25) is 0 Å². The van der Waals surface area contributed by atoms with Crippen LogP contribution in [0.1, 0.15) is 57.1 Å². The molecular formula is C30H26O8. The van der Waals surface area contributed by atoms with E-state index in [0.29, 0.717) is 22.3 Å². The average molecular weight is 515 g/mol. The number of hydrogen-bond donors (Lipinski definition) is 6. The summed E-state index contributed by atoms with van der Waals surface area (Å²) < 4.78 is 10.8. The van der Waals surface area contributed by atoms with E-state index in [1.54, 1.807) is 42.5 Å². The van der Waals surface area contributed by atoms with Crippen molar-refractivity contribution in [3.63, 3.8) is 0 Å². The molecule has 38 heavy (non-hydrogen) atoms. The fourth-order valence-electron chi connectivity index (χ4n) is 6.56. The van der Waals surface area contributed by atoms with Crippen molar-refractivity contribution >= 4 is 0 Å². The van der Waals surface area contributed by atoms with Crippen LogP contribution < -0.4 is 9.47 Å². The third kappa shape index (κ3) is 3.30. The third-order valence-electron chi connectivity index (χ3n) is 7.92. The van der Waals surface area contributed by atoms with Gasteiger partial charge in [0.2, 0.25) is 0 Å². The molecule has 2 aliphatic carbocycles. The third-order valence-corrected chi connectivity index (χ3v) is 7.92. The first-order valence-corrected chi connectivity index (χ1v) is 12.1. The zero-order chi connectivity index (χ0) is 26.9. The van der Waals surface area contributed by atoms with Crippen molar-refractivity contribution in [2.24, 2.45) is 0 Å². The summed E-state index contributed by atoms with van der Waals surface area (Å²) in [5.74, 6) is -1.72. The van der Waals surface area contributed by atoms with Crippen LogP contribution in [-0.2, 0) is 0 Å². The maximum absolute atomic E-state index is 11.2. The maximum atomic E-state index is 11.2. The number of fused-ring (bicyclic) bond motifs is 7. The summed E-state index contributed by atoms with van der Waals surface area (Å²) >= 11 is 0. The van der Waals surface area contributed by atoms with Gasteiger partial charge in [-0.3, -0.25) is 0 Å². The summed E-state index contributed by atoms with van der Waals surface area (Å²) in [6.45, 7) is 0. The van der Waals surface area contributed by atoms with Crippen molar-refractivity contribution in [1.29, 1.82) is 0 Å². The Kier molecular flexibility index (Phi) is 5.24. The number of rotatable bonds is 4. The lowest BCUT2D eigenvalue weighted by Crippen LogP contribution is -2.26. The molecule has 0 saturated heterocycles. The molecule has 0 aromatic heterocycles. The number of benzene rings is 4. The highest BCUT2D eigenvalue weighted by atomic mass is 16.5. The normalized spacial score (nSPS) is 21.0. The zero-order valence-corrected chi connectivity index (χ0v) is 20.6. The molecule has 0 spiro atoms. The Morgan fingerprint density at radius 1 is 0.500 bits per heavy atom. The van der Waals surface area contributed by atoms with E-state index in [1.807, 2.05) is 0 Å². The molecule has 4 aromatic carbocycles. The summed E-state index contributed by atoms with van der Waals surface area (Å²) in [5.41, 5.74) is 3.99. The molecule has 6 N–H and O–H groups in total. The van der Waals surface area contributed by atoms with Gasteiger partial charge < -0.3 is 40.1 Å². The highest BCUT2D eigenvalue weighted by Gasteiger charge is 2.54. The second-order valence-electron chi connectivity index (χ2n) is 9.81. The van der Waals surface area contributed by atoms with Crippen LogP contribution in [0.3, 0.4) is 0 Å². The van der Waals surface area contributed by atoms with Gasteiger partial charge in [-0.1, -0.05) is 12.1 Å². The van der Waals surface area contributed by atoms with Gasteiger partial charge in [0.25, 0.3) is 0 Å². The number of phenols is 6. The Balaban J connectivity index is 1.72. The molecule has 6 rings (SSSR count). The molecule has 0 amide bonds. The van der Waals surface area contributed by atoms with Crippen molar-refractivity contribution in [3.05, 3.63) is 94.0 Å². The van der Waals surface area contributed by atoms with E-state index in [2.05, 4.69) is 0 Å². The maximum Gasteiger partial charge on any atom is 0.160 e. The molecule has 8 heteroatoms. The smallest absolute Gasteiger partial charge is 0.160 e. The highest BCUT2D eigenvalue weighted by Crippen LogP contribution is 2.69. The molecule has 0 radical (unpaired) electrons. The average Bonchev–Trinajstić information content (AvgIpc) is 3.15. The van der Waals surface area contributed by atoms with Crippen LogP contribution in [0.5, 0.6) is 46.0 Å². The van der Waals surface area contributed by atoms with Gasteiger partial charge in [-0.05, 0) is 58.7 Å². The summed E-state index contributed by atoms with van der Waals surface area (Å²) in [6, 6.07) is 15.8. The molecule has 2 aliphatic rings. The van der Waals surface area contributed by atoms with Gasteiger partial charge in [0.05, 0.1) is 14.2 Å². The van der Waals surface area contributed by atoms with E-state index in [4.69, 9.17) is 9.47 Å². The van der Waals surface area contributed by atoms with E-state index < -0.39 is 17.8 Å². The number of ether oxygens (including phenoxy) is 2. The van der Waals surface area contributed by atoms with Crippen molar-refractivity contribution < 1.29 is 40.1 Å². The molecule has 194 valence electrons. The molecular weight excluding hydrogens is 488 g/mol. The lowest BCUT2D eigenvalue weighted by atomic mass is 9.63. The van der Waals surface area contributed by atoms with Crippen LogP contribution >= 0.6 is 0 Å². The Hall–Kier alpha value is -4.72. The molecule has 4 atom stereocenters. The molecule has 2 bridgehead atoms. The number of hydrogen-bond acceptors (Lipinski definition) is 8. The lowest BCUT2D eigenvalue weighted by Gasteiger charge is -2.40. The van der Waals surface area contributed by atoms with E-state index in [9.17, 15) is 30.6 Å². The summed E-state index contributed by atoms with van der Waals surface area (Å²) in [6.07, 6.45) is 0. The van der Waals surface area contributed by atoms with Crippen LogP contribution in [0, 0.1) is 0 Å². The van der Waals surface area contributed by atoms with Gasteiger partial charge in [0.15, 0.2) is 23.0 Å². The first-order chi connectivity index (χ1) is 18.2. The molecule has 0 fully saturated rings. The van der Waals surface area contributed by atoms with Crippen LogP contribution in [0.4, 0.5) is 0 Å². The van der Waals surface area contributed by atoms with Crippen molar-refractivity contribution in [2.45, 2.75) is 23.7 Å². The monoisotopic (exact) mass is 514 g/mol. The van der Waals surface area contributed by atoms with Gasteiger partial charge >= 0.3 is 0 Å². The number of aromatic hydroxyl groups is 6. The topological polar surface area (TPSA) is 140 Å². The first-order valence-electron chi connectivity index (χ1n) is 12.1. The first kappa shape index (κ1) is 23.7. The fourth-order valence-corrected chi connectivity index (χ4v) is 6.56. The number of methoxy groups -OCH3 is 2.